The number of hydrogen-bond donors (Lipinski definition) is 1. The predicted molar refractivity (Wildman–Crippen MR) is 74.8 cm³/mol. The zero-order valence-electron chi connectivity index (χ0n) is 12.4. The Morgan fingerprint density at radius 2 is 2.00 bits per heavy atom. The standard InChI is InChI=1S/C15H22O5/c1-5-19-12-8-6-7-11(9-16)13(12)20-10-15(2,3)14(17)18-4/h6-8,16H,5,9-10H2,1-4H3. The molecule has 0 aliphatic rings. The van der Waals surface area contributed by atoms with Crippen LogP contribution in [0.1, 0.15) is 26.3 Å². The average molecular weight is 282 g/mol. The predicted octanol–water partition coefficient (Wildman–Crippen LogP) is 2.16. The highest BCUT2D eigenvalue weighted by molar-refractivity contribution is 5.75. The first kappa shape index (κ1) is 16.3. The molecule has 0 fully saturated rings. The lowest BCUT2D eigenvalue weighted by Crippen LogP contribution is -2.32. The number of methoxy groups -OCH3 is 1. The van der Waals surface area contributed by atoms with Crippen LogP contribution in [-0.2, 0) is 16.1 Å². The lowest BCUT2D eigenvalue weighted by Gasteiger charge is -2.23. The molecule has 0 saturated heterocycles. The Balaban J connectivity index is 2.93. The minimum absolute atomic E-state index is 0.136. The van der Waals surface area contributed by atoms with E-state index in [1.807, 2.05) is 6.92 Å². The Morgan fingerprint density at radius 3 is 2.55 bits per heavy atom. The van der Waals surface area contributed by atoms with Crippen LogP contribution in [0.15, 0.2) is 18.2 Å². The molecule has 5 heteroatoms. The monoisotopic (exact) mass is 282 g/mol. The first-order chi connectivity index (χ1) is 9.46. The minimum atomic E-state index is -0.777. The minimum Gasteiger partial charge on any atom is -0.490 e. The molecular formula is C15H22O5. The third-order valence-corrected chi connectivity index (χ3v) is 2.85. The van der Waals surface area contributed by atoms with E-state index in [0.717, 1.165) is 0 Å². The maximum Gasteiger partial charge on any atom is 0.314 e. The van der Waals surface area contributed by atoms with E-state index in [1.165, 1.54) is 7.11 Å². The molecule has 0 amide bonds. The largest absolute Gasteiger partial charge is 0.490 e. The summed E-state index contributed by atoms with van der Waals surface area (Å²) in [7, 11) is 1.34. The second-order valence-electron chi connectivity index (χ2n) is 5.00. The van der Waals surface area contributed by atoms with E-state index in [9.17, 15) is 9.90 Å². The zero-order valence-corrected chi connectivity index (χ0v) is 12.4. The van der Waals surface area contributed by atoms with Gasteiger partial charge >= 0.3 is 5.97 Å². The zero-order chi connectivity index (χ0) is 15.2. The Kier molecular flexibility index (Phi) is 5.82. The molecule has 0 spiro atoms. The SMILES string of the molecule is CCOc1cccc(CO)c1OCC(C)(C)C(=O)OC. The van der Waals surface area contributed by atoms with Gasteiger partial charge in [0.05, 0.1) is 25.7 Å². The van der Waals surface area contributed by atoms with Crippen molar-refractivity contribution in [3.63, 3.8) is 0 Å². The molecule has 20 heavy (non-hydrogen) atoms. The fraction of sp³-hybridized carbons (Fsp3) is 0.533. The highest BCUT2D eigenvalue weighted by atomic mass is 16.5. The van der Waals surface area contributed by atoms with Crippen LogP contribution in [-0.4, -0.2) is 31.4 Å². The van der Waals surface area contributed by atoms with Gasteiger partial charge < -0.3 is 19.3 Å². The maximum atomic E-state index is 11.6. The average Bonchev–Trinajstić information content (AvgIpc) is 2.44. The molecule has 0 unspecified atom stereocenters. The molecular weight excluding hydrogens is 260 g/mol. The molecule has 112 valence electrons. The van der Waals surface area contributed by atoms with Gasteiger partial charge in [-0.1, -0.05) is 12.1 Å². The van der Waals surface area contributed by atoms with Gasteiger partial charge in [0.25, 0.3) is 0 Å². The number of aliphatic hydroxyl groups is 1. The third-order valence-electron chi connectivity index (χ3n) is 2.85. The van der Waals surface area contributed by atoms with Crippen LogP contribution >= 0.6 is 0 Å². The second-order valence-corrected chi connectivity index (χ2v) is 5.00. The lowest BCUT2D eigenvalue weighted by atomic mass is 9.95. The molecule has 0 saturated carbocycles. The molecule has 5 nitrogen and oxygen atoms in total. The van der Waals surface area contributed by atoms with Crippen molar-refractivity contribution in [1.82, 2.24) is 0 Å². The fourth-order valence-electron chi connectivity index (χ4n) is 1.71. The van der Waals surface area contributed by atoms with Gasteiger partial charge in [-0.3, -0.25) is 4.79 Å². The Morgan fingerprint density at radius 1 is 1.30 bits per heavy atom. The molecule has 1 rings (SSSR count). The first-order valence-corrected chi connectivity index (χ1v) is 6.53. The van der Waals surface area contributed by atoms with E-state index in [2.05, 4.69) is 0 Å². The van der Waals surface area contributed by atoms with Gasteiger partial charge in [0, 0.05) is 5.56 Å². The smallest absolute Gasteiger partial charge is 0.314 e. The highest BCUT2D eigenvalue weighted by Crippen LogP contribution is 2.33. The number of benzene rings is 1. The summed E-state index contributed by atoms with van der Waals surface area (Å²) in [4.78, 5) is 11.6. The van der Waals surface area contributed by atoms with E-state index in [0.29, 0.717) is 23.7 Å². The van der Waals surface area contributed by atoms with E-state index >= 15 is 0 Å². The van der Waals surface area contributed by atoms with Crippen LogP contribution in [0.3, 0.4) is 0 Å². The number of rotatable bonds is 7. The molecule has 0 aliphatic heterocycles. The van der Waals surface area contributed by atoms with Gasteiger partial charge in [0.15, 0.2) is 11.5 Å². The maximum absolute atomic E-state index is 11.6. The van der Waals surface area contributed by atoms with Crippen molar-refractivity contribution >= 4 is 5.97 Å². The summed E-state index contributed by atoms with van der Waals surface area (Å²) in [6, 6.07) is 5.31. The van der Waals surface area contributed by atoms with E-state index in [1.54, 1.807) is 32.0 Å². The molecule has 0 atom stereocenters. The number of carbonyl (C=O) groups is 1. The summed E-state index contributed by atoms with van der Waals surface area (Å²) >= 11 is 0. The van der Waals surface area contributed by atoms with Crippen LogP contribution < -0.4 is 9.47 Å². The van der Waals surface area contributed by atoms with Crippen LogP contribution in [0.25, 0.3) is 0 Å². The second kappa shape index (κ2) is 7.14. The van der Waals surface area contributed by atoms with Crippen molar-refractivity contribution < 1.29 is 24.1 Å². The van der Waals surface area contributed by atoms with Gasteiger partial charge in [0.1, 0.15) is 6.61 Å². The van der Waals surface area contributed by atoms with E-state index in [4.69, 9.17) is 14.2 Å². The lowest BCUT2D eigenvalue weighted by molar-refractivity contribution is -0.152. The number of para-hydroxylation sites is 1. The summed E-state index contributed by atoms with van der Waals surface area (Å²) in [6.07, 6.45) is 0. The van der Waals surface area contributed by atoms with Crippen LogP contribution in [0.5, 0.6) is 11.5 Å². The molecule has 1 N–H and O–H groups in total. The normalized spacial score (nSPS) is 11.1. The van der Waals surface area contributed by atoms with Crippen LogP contribution in [0.2, 0.25) is 0 Å². The summed E-state index contributed by atoms with van der Waals surface area (Å²) in [5.41, 5.74) is -0.155. The molecule has 0 aliphatic carbocycles. The van der Waals surface area contributed by atoms with Gasteiger partial charge in [-0.25, -0.2) is 0 Å². The third kappa shape index (κ3) is 3.87. The molecule has 0 bridgehead atoms. The van der Waals surface area contributed by atoms with E-state index in [-0.39, 0.29) is 19.2 Å². The Hall–Kier alpha value is -1.75. The van der Waals surface area contributed by atoms with Crippen molar-refractivity contribution in [3.8, 4) is 11.5 Å². The number of carbonyl (C=O) groups excluding carboxylic acids is 1. The van der Waals surface area contributed by atoms with Gasteiger partial charge in [0.2, 0.25) is 0 Å². The topological polar surface area (TPSA) is 65.0 Å². The number of aliphatic hydroxyl groups excluding tert-OH is 1. The summed E-state index contributed by atoms with van der Waals surface area (Å²) < 4.78 is 15.9. The molecule has 1 aromatic carbocycles. The first-order valence-electron chi connectivity index (χ1n) is 6.53. The number of ether oxygens (including phenoxy) is 3. The van der Waals surface area contributed by atoms with Crippen molar-refractivity contribution in [1.29, 1.82) is 0 Å². The van der Waals surface area contributed by atoms with Crippen LogP contribution in [0.4, 0.5) is 0 Å². The molecule has 0 aromatic heterocycles. The molecule has 0 radical (unpaired) electrons. The summed E-state index contributed by atoms with van der Waals surface area (Å²) in [5, 5.41) is 9.37. The highest BCUT2D eigenvalue weighted by Gasteiger charge is 2.30. The number of hydrogen-bond acceptors (Lipinski definition) is 5. The molecule has 1 aromatic rings. The fourth-order valence-corrected chi connectivity index (χ4v) is 1.71. The molecule has 0 heterocycles. The van der Waals surface area contributed by atoms with Gasteiger partial charge in [-0.2, -0.15) is 0 Å². The Labute approximate surface area is 119 Å². The summed E-state index contributed by atoms with van der Waals surface area (Å²) in [5.74, 6) is 0.672. The Bertz CT molecular complexity index is 454. The van der Waals surface area contributed by atoms with Crippen LogP contribution in [0, 0.1) is 5.41 Å². The van der Waals surface area contributed by atoms with Gasteiger partial charge in [-0.15, -0.1) is 0 Å². The van der Waals surface area contributed by atoms with Crippen molar-refractivity contribution in [3.05, 3.63) is 23.8 Å². The van der Waals surface area contributed by atoms with Crippen molar-refractivity contribution in [2.24, 2.45) is 5.41 Å². The van der Waals surface area contributed by atoms with E-state index < -0.39 is 5.41 Å². The van der Waals surface area contributed by atoms with Gasteiger partial charge in [-0.05, 0) is 26.8 Å². The van der Waals surface area contributed by atoms with Crippen molar-refractivity contribution in [2.45, 2.75) is 27.4 Å². The number of esters is 1. The van der Waals surface area contributed by atoms with Crippen molar-refractivity contribution in [2.75, 3.05) is 20.3 Å². The summed E-state index contributed by atoms with van der Waals surface area (Å²) in [6.45, 7) is 5.81. The quantitative estimate of drug-likeness (QED) is 0.776.